The molecule has 0 unspecified atom stereocenters. The van der Waals surface area contributed by atoms with Gasteiger partial charge >= 0.3 is 0 Å². The van der Waals surface area contributed by atoms with Gasteiger partial charge in [-0.15, -0.1) is 11.3 Å². The molecule has 0 radical (unpaired) electrons. The summed E-state index contributed by atoms with van der Waals surface area (Å²) >= 11 is 7.75. The summed E-state index contributed by atoms with van der Waals surface area (Å²) in [5, 5.41) is 3.61. The number of hydrogen-bond acceptors (Lipinski definition) is 5. The van der Waals surface area contributed by atoms with E-state index in [1.54, 1.807) is 17.5 Å². The van der Waals surface area contributed by atoms with Crippen molar-refractivity contribution in [1.82, 2.24) is 14.9 Å². The Morgan fingerprint density at radius 3 is 2.77 bits per heavy atom. The molecular formula is C15H17ClN4OS. The minimum absolute atomic E-state index is 0.136. The van der Waals surface area contributed by atoms with Crippen LogP contribution < -0.4 is 4.90 Å². The summed E-state index contributed by atoms with van der Waals surface area (Å²) in [6.07, 6.45) is 2.12. The molecule has 0 spiro atoms. The Morgan fingerprint density at radius 2 is 2.14 bits per heavy atom. The van der Waals surface area contributed by atoms with Gasteiger partial charge in [0.1, 0.15) is 5.82 Å². The fourth-order valence-electron chi connectivity index (χ4n) is 2.53. The lowest BCUT2D eigenvalue weighted by Gasteiger charge is -2.35. The van der Waals surface area contributed by atoms with Crippen molar-refractivity contribution in [2.75, 3.05) is 31.1 Å². The quantitative estimate of drug-likeness (QED) is 0.863. The number of aromatic nitrogens is 2. The molecule has 3 rings (SSSR count). The highest BCUT2D eigenvalue weighted by Gasteiger charge is 2.23. The lowest BCUT2D eigenvalue weighted by Crippen LogP contribution is -2.49. The zero-order valence-corrected chi connectivity index (χ0v) is 13.9. The zero-order valence-electron chi connectivity index (χ0n) is 12.3. The maximum absolute atomic E-state index is 12.3. The monoisotopic (exact) mass is 336 g/mol. The van der Waals surface area contributed by atoms with Gasteiger partial charge < -0.3 is 9.80 Å². The Balaban J connectivity index is 1.57. The fraction of sp³-hybridized carbons (Fsp3) is 0.400. The van der Waals surface area contributed by atoms with Crippen molar-refractivity contribution >= 4 is 34.7 Å². The van der Waals surface area contributed by atoms with E-state index in [0.29, 0.717) is 24.5 Å². The second kappa shape index (κ2) is 6.62. The van der Waals surface area contributed by atoms with Crippen molar-refractivity contribution in [1.29, 1.82) is 0 Å². The van der Waals surface area contributed by atoms with Crippen LogP contribution in [0.15, 0.2) is 23.7 Å². The number of hydrogen-bond donors (Lipinski definition) is 0. The Kier molecular flexibility index (Phi) is 4.59. The average molecular weight is 337 g/mol. The van der Waals surface area contributed by atoms with E-state index in [9.17, 15) is 4.79 Å². The molecule has 2 aromatic rings. The number of pyridine rings is 1. The summed E-state index contributed by atoms with van der Waals surface area (Å²) in [6.45, 7) is 4.83. The minimum atomic E-state index is 0.136. The molecule has 7 heteroatoms. The molecule has 0 atom stereocenters. The van der Waals surface area contributed by atoms with Crippen LogP contribution in [0.2, 0.25) is 5.02 Å². The molecule has 0 aliphatic carbocycles. The number of amides is 1. The van der Waals surface area contributed by atoms with Crippen LogP contribution in [0.3, 0.4) is 0 Å². The summed E-state index contributed by atoms with van der Waals surface area (Å²) in [6, 6.07) is 3.66. The molecule has 0 saturated carbocycles. The number of thiazole rings is 1. The lowest BCUT2D eigenvalue weighted by molar-refractivity contribution is -0.130. The maximum Gasteiger partial charge on any atom is 0.228 e. The van der Waals surface area contributed by atoms with E-state index in [1.807, 2.05) is 29.3 Å². The highest BCUT2D eigenvalue weighted by Crippen LogP contribution is 2.23. The van der Waals surface area contributed by atoms with Crippen molar-refractivity contribution in [3.8, 4) is 0 Å². The van der Waals surface area contributed by atoms with Crippen molar-refractivity contribution in [3.63, 3.8) is 0 Å². The van der Waals surface area contributed by atoms with Gasteiger partial charge in [-0.3, -0.25) is 4.79 Å². The molecule has 1 saturated heterocycles. The smallest absolute Gasteiger partial charge is 0.228 e. The molecule has 2 aromatic heterocycles. The van der Waals surface area contributed by atoms with Gasteiger partial charge in [-0.25, -0.2) is 9.97 Å². The van der Waals surface area contributed by atoms with Crippen LogP contribution in [-0.2, 0) is 11.2 Å². The van der Waals surface area contributed by atoms with Crippen LogP contribution in [0, 0.1) is 6.92 Å². The fourth-order valence-corrected chi connectivity index (χ4v) is 3.39. The summed E-state index contributed by atoms with van der Waals surface area (Å²) in [5.41, 5.74) is 0.864. The van der Waals surface area contributed by atoms with E-state index in [-0.39, 0.29) is 5.91 Å². The van der Waals surface area contributed by atoms with E-state index in [0.717, 1.165) is 29.6 Å². The van der Waals surface area contributed by atoms with Gasteiger partial charge in [0.15, 0.2) is 0 Å². The van der Waals surface area contributed by atoms with E-state index in [2.05, 4.69) is 14.9 Å². The third-order valence-electron chi connectivity index (χ3n) is 3.67. The first kappa shape index (κ1) is 15.2. The van der Waals surface area contributed by atoms with Crippen molar-refractivity contribution in [2.24, 2.45) is 0 Å². The van der Waals surface area contributed by atoms with Crippen molar-refractivity contribution in [2.45, 2.75) is 13.3 Å². The molecule has 0 bridgehead atoms. The highest BCUT2D eigenvalue weighted by molar-refractivity contribution is 7.09. The van der Waals surface area contributed by atoms with Crippen LogP contribution in [0.1, 0.15) is 10.7 Å². The number of rotatable bonds is 3. The van der Waals surface area contributed by atoms with Crippen molar-refractivity contribution in [3.05, 3.63) is 39.4 Å². The minimum Gasteiger partial charge on any atom is -0.352 e. The number of aryl methyl sites for hydroxylation is 1. The average Bonchev–Trinajstić information content (AvgIpc) is 2.93. The van der Waals surface area contributed by atoms with E-state index >= 15 is 0 Å². The number of carbonyl (C=O) groups excluding carboxylic acids is 1. The summed E-state index contributed by atoms with van der Waals surface area (Å²) in [7, 11) is 0. The van der Waals surface area contributed by atoms with E-state index < -0.39 is 0 Å². The predicted molar refractivity (Wildman–Crippen MR) is 88.6 cm³/mol. The number of piperazine rings is 1. The van der Waals surface area contributed by atoms with Gasteiger partial charge in [0.25, 0.3) is 0 Å². The lowest BCUT2D eigenvalue weighted by atomic mass is 10.2. The molecular weight excluding hydrogens is 320 g/mol. The number of halogens is 1. The first-order valence-corrected chi connectivity index (χ1v) is 8.43. The molecule has 1 aliphatic heterocycles. The molecule has 5 nitrogen and oxygen atoms in total. The maximum atomic E-state index is 12.3. The third-order valence-corrected chi connectivity index (χ3v) is 4.79. The van der Waals surface area contributed by atoms with Crippen LogP contribution in [0.25, 0.3) is 0 Å². The van der Waals surface area contributed by atoms with Crippen LogP contribution in [0.4, 0.5) is 5.82 Å². The Labute approximate surface area is 138 Å². The number of nitrogens with zero attached hydrogens (tertiary/aromatic N) is 4. The zero-order chi connectivity index (χ0) is 15.5. The van der Waals surface area contributed by atoms with E-state index in [4.69, 9.17) is 11.6 Å². The number of anilines is 1. The molecule has 1 amide bonds. The van der Waals surface area contributed by atoms with Gasteiger partial charge in [0.05, 0.1) is 22.1 Å². The van der Waals surface area contributed by atoms with Crippen LogP contribution in [-0.4, -0.2) is 47.0 Å². The molecule has 1 fully saturated rings. The van der Waals surface area contributed by atoms with Gasteiger partial charge in [-0.2, -0.15) is 0 Å². The largest absolute Gasteiger partial charge is 0.352 e. The molecule has 22 heavy (non-hydrogen) atoms. The van der Waals surface area contributed by atoms with Gasteiger partial charge in [-0.05, 0) is 19.1 Å². The van der Waals surface area contributed by atoms with Gasteiger partial charge in [-0.1, -0.05) is 11.6 Å². The van der Waals surface area contributed by atoms with Crippen LogP contribution in [0.5, 0.6) is 0 Å². The van der Waals surface area contributed by atoms with Gasteiger partial charge in [0, 0.05) is 37.8 Å². The highest BCUT2D eigenvalue weighted by atomic mass is 35.5. The molecule has 3 heterocycles. The Morgan fingerprint density at radius 1 is 1.36 bits per heavy atom. The Hall–Kier alpha value is -1.66. The topological polar surface area (TPSA) is 49.3 Å². The Bertz CT molecular complexity index is 667. The summed E-state index contributed by atoms with van der Waals surface area (Å²) in [5.74, 6) is 0.934. The van der Waals surface area contributed by atoms with Gasteiger partial charge in [0.2, 0.25) is 5.91 Å². The third kappa shape index (κ3) is 3.39. The molecule has 1 aliphatic rings. The first-order chi connectivity index (χ1) is 10.6. The van der Waals surface area contributed by atoms with Crippen LogP contribution >= 0.6 is 22.9 Å². The summed E-state index contributed by atoms with van der Waals surface area (Å²) < 4.78 is 0. The molecule has 0 aromatic carbocycles. The predicted octanol–water partition coefficient (Wildman–Crippen LogP) is 2.39. The molecule has 0 N–H and O–H groups in total. The number of carbonyl (C=O) groups is 1. The SMILES string of the molecule is Cc1nc(CC(=O)N2CCN(c3ncccc3Cl)CC2)cs1. The second-order valence-corrected chi connectivity index (χ2v) is 6.68. The summed E-state index contributed by atoms with van der Waals surface area (Å²) in [4.78, 5) is 25.0. The standard InChI is InChI=1S/C15H17ClN4OS/c1-11-18-12(10-22-11)9-14(21)19-5-7-20(8-6-19)15-13(16)3-2-4-17-15/h2-4,10H,5-9H2,1H3. The first-order valence-electron chi connectivity index (χ1n) is 7.18. The van der Waals surface area contributed by atoms with Crippen molar-refractivity contribution < 1.29 is 4.79 Å². The normalized spacial score (nSPS) is 15.2. The van der Waals surface area contributed by atoms with E-state index in [1.165, 1.54) is 0 Å². The molecule has 116 valence electrons. The second-order valence-electron chi connectivity index (χ2n) is 5.21.